The van der Waals surface area contributed by atoms with Gasteiger partial charge in [0, 0.05) is 11.1 Å². The number of thioether (sulfide) groups is 1. The van der Waals surface area contributed by atoms with Gasteiger partial charge >= 0.3 is 35.5 Å². The summed E-state index contributed by atoms with van der Waals surface area (Å²) >= 11 is 14.1. The molecule has 0 aromatic carbocycles. The number of aliphatic carboxylic acids is 1. The predicted octanol–water partition coefficient (Wildman–Crippen LogP) is 0.625. The number of halogens is 2. The molecule has 2 amide bonds. The number of aromatic nitrogens is 1. The molecule has 2 N–H and O–H groups in total. The average Bonchev–Trinajstić information content (AvgIpc) is 2.89. The van der Waals surface area contributed by atoms with E-state index < -0.39 is 23.3 Å². The van der Waals surface area contributed by atoms with Crippen LogP contribution >= 0.6 is 46.3 Å². The van der Waals surface area contributed by atoms with E-state index >= 15 is 0 Å². The number of hydrogen-bond donors (Lipinski definition) is 2. The van der Waals surface area contributed by atoms with E-state index in [0.717, 1.165) is 4.90 Å². The molecule has 7 nitrogen and oxygen atoms in total. The van der Waals surface area contributed by atoms with Crippen LogP contribution in [0.2, 0.25) is 4.47 Å². The van der Waals surface area contributed by atoms with E-state index in [9.17, 15) is 14.4 Å². The Bertz CT molecular complexity index is 742. The number of hydrogen-bond acceptors (Lipinski definition) is 6. The maximum absolute atomic E-state index is 12.2. The summed E-state index contributed by atoms with van der Waals surface area (Å²) in [5, 5.41) is 13.1. The van der Waals surface area contributed by atoms with Crippen molar-refractivity contribution in [2.45, 2.75) is 17.8 Å². The molecule has 1 aromatic heterocycles. The van der Waals surface area contributed by atoms with Crippen molar-refractivity contribution in [3.8, 4) is 0 Å². The summed E-state index contributed by atoms with van der Waals surface area (Å²) in [6.45, 7) is 0. The minimum atomic E-state index is -1.25. The number of carbonyl (C=O) groups excluding carboxylic acids is 2. The third-order valence-electron chi connectivity index (χ3n) is 3.31. The van der Waals surface area contributed by atoms with Crippen LogP contribution in [0.15, 0.2) is 16.1 Å². The van der Waals surface area contributed by atoms with E-state index in [-0.39, 0.29) is 58.4 Å². The molecule has 0 unspecified atom stereocenters. The van der Waals surface area contributed by atoms with E-state index in [2.05, 4.69) is 10.3 Å². The van der Waals surface area contributed by atoms with Crippen molar-refractivity contribution in [2.75, 3.05) is 5.75 Å². The molecular formula is C12H10Cl2N3NaO4S2. The van der Waals surface area contributed by atoms with E-state index in [0.29, 0.717) is 10.2 Å². The Morgan fingerprint density at radius 3 is 2.75 bits per heavy atom. The van der Waals surface area contributed by atoms with Gasteiger partial charge in [-0.15, -0.1) is 23.1 Å². The molecule has 3 heterocycles. The van der Waals surface area contributed by atoms with Crippen LogP contribution in [0, 0.1) is 0 Å². The molecule has 3 rings (SSSR count). The molecule has 12 heteroatoms. The van der Waals surface area contributed by atoms with Gasteiger partial charge in [-0.1, -0.05) is 23.2 Å². The van der Waals surface area contributed by atoms with Gasteiger partial charge < -0.3 is 10.4 Å². The summed E-state index contributed by atoms with van der Waals surface area (Å²) in [5.41, 5.74) is 0.309. The number of carboxylic acids is 1. The second-order valence-corrected chi connectivity index (χ2v) is 7.78. The summed E-state index contributed by atoms with van der Waals surface area (Å²) in [7, 11) is 0. The standard InChI is InChI=1S/C12H9Cl2N3O4S2.Na.H/c13-5-3-22-10-7(9(19)17(10)8(5)11(20)21)16-6(18)1-4-2-23-12(14)15-4;;/h2,7,10H,1,3H2,(H,16,18)(H,20,21);;/t7-,10-;;/m1../s1. The number of rotatable bonds is 4. The first-order valence-electron chi connectivity index (χ1n) is 6.34. The van der Waals surface area contributed by atoms with Crippen molar-refractivity contribution in [1.82, 2.24) is 15.2 Å². The number of carboxylic acid groups (broad SMARTS) is 1. The molecule has 1 fully saturated rings. The van der Waals surface area contributed by atoms with Crippen LogP contribution in [-0.4, -0.2) is 79.5 Å². The van der Waals surface area contributed by atoms with Crippen molar-refractivity contribution in [3.05, 3.63) is 26.3 Å². The monoisotopic (exact) mass is 417 g/mol. The summed E-state index contributed by atoms with van der Waals surface area (Å²) in [6, 6.07) is -0.763. The van der Waals surface area contributed by atoms with Gasteiger partial charge in [0.1, 0.15) is 17.1 Å². The normalized spacial score (nSPS) is 22.4. The van der Waals surface area contributed by atoms with Crippen molar-refractivity contribution in [1.29, 1.82) is 0 Å². The number of fused-ring (bicyclic) bond motifs is 1. The van der Waals surface area contributed by atoms with E-state index in [4.69, 9.17) is 28.3 Å². The number of β-lactam (4-membered cyclic amide) rings is 1. The molecule has 24 heavy (non-hydrogen) atoms. The summed E-state index contributed by atoms with van der Waals surface area (Å²) < 4.78 is 0.340. The fraction of sp³-hybridized carbons (Fsp3) is 0.333. The molecule has 1 aromatic rings. The summed E-state index contributed by atoms with van der Waals surface area (Å²) in [5.74, 6) is -1.83. The van der Waals surface area contributed by atoms with Gasteiger partial charge in [-0.05, 0) is 0 Å². The Kier molecular flexibility index (Phi) is 6.63. The zero-order chi connectivity index (χ0) is 16.7. The zero-order valence-electron chi connectivity index (χ0n) is 11.3. The fourth-order valence-corrected chi connectivity index (χ4v) is 4.67. The molecule has 0 aliphatic carbocycles. The molecule has 2 aliphatic heterocycles. The van der Waals surface area contributed by atoms with Crippen LogP contribution in [0.3, 0.4) is 0 Å². The Labute approximate surface area is 177 Å². The third-order valence-corrected chi connectivity index (χ3v) is 6.08. The van der Waals surface area contributed by atoms with Gasteiger partial charge in [-0.25, -0.2) is 9.78 Å². The zero-order valence-corrected chi connectivity index (χ0v) is 14.4. The topological polar surface area (TPSA) is 99.6 Å². The number of nitrogens with zero attached hydrogens (tertiary/aromatic N) is 2. The summed E-state index contributed by atoms with van der Waals surface area (Å²) in [4.78, 5) is 40.5. The van der Waals surface area contributed by atoms with Crippen LogP contribution in [0.5, 0.6) is 0 Å². The van der Waals surface area contributed by atoms with Gasteiger partial charge in [0.2, 0.25) is 5.91 Å². The van der Waals surface area contributed by atoms with Gasteiger partial charge in [-0.3, -0.25) is 14.5 Å². The van der Waals surface area contributed by atoms with E-state index in [1.54, 1.807) is 5.38 Å². The van der Waals surface area contributed by atoms with E-state index in [1.165, 1.54) is 23.1 Å². The van der Waals surface area contributed by atoms with Crippen molar-refractivity contribution in [2.24, 2.45) is 0 Å². The molecule has 124 valence electrons. The van der Waals surface area contributed by atoms with Crippen LogP contribution in [0.1, 0.15) is 5.69 Å². The van der Waals surface area contributed by atoms with Crippen molar-refractivity contribution >= 4 is 93.6 Å². The molecule has 0 spiro atoms. The van der Waals surface area contributed by atoms with Crippen molar-refractivity contribution in [3.63, 3.8) is 0 Å². The molecule has 0 radical (unpaired) electrons. The first kappa shape index (κ1) is 20.0. The predicted molar refractivity (Wildman–Crippen MR) is 93.5 cm³/mol. The minimum absolute atomic E-state index is 0. The van der Waals surface area contributed by atoms with Gasteiger partial charge in [0.15, 0.2) is 4.47 Å². The Hall–Kier alpha value is -0.290. The number of carbonyl (C=O) groups is 3. The fourth-order valence-electron chi connectivity index (χ4n) is 2.33. The second-order valence-electron chi connectivity index (χ2n) is 4.78. The van der Waals surface area contributed by atoms with Gasteiger partial charge in [0.25, 0.3) is 5.91 Å². The summed E-state index contributed by atoms with van der Waals surface area (Å²) in [6.07, 6.45) is 0.00672. The van der Waals surface area contributed by atoms with Crippen molar-refractivity contribution < 1.29 is 19.5 Å². The maximum atomic E-state index is 12.2. The Morgan fingerprint density at radius 2 is 2.17 bits per heavy atom. The number of nitrogens with one attached hydrogen (secondary N) is 1. The average molecular weight is 418 g/mol. The van der Waals surface area contributed by atoms with Gasteiger partial charge in [0.05, 0.1) is 17.1 Å². The number of amides is 2. The van der Waals surface area contributed by atoms with Crippen LogP contribution in [-0.2, 0) is 20.8 Å². The first-order chi connectivity index (χ1) is 10.9. The van der Waals surface area contributed by atoms with Crippen LogP contribution in [0.25, 0.3) is 0 Å². The van der Waals surface area contributed by atoms with E-state index in [1.807, 2.05) is 0 Å². The molecular weight excluding hydrogens is 408 g/mol. The Balaban J connectivity index is 0.00000208. The quantitative estimate of drug-likeness (QED) is 0.550. The number of thiazole rings is 1. The molecule has 0 bridgehead atoms. The molecule has 0 saturated carbocycles. The van der Waals surface area contributed by atoms with Crippen LogP contribution < -0.4 is 5.32 Å². The molecule has 2 atom stereocenters. The molecule has 1 saturated heterocycles. The Morgan fingerprint density at radius 1 is 1.46 bits per heavy atom. The second kappa shape index (κ2) is 7.94. The molecule has 2 aliphatic rings. The third kappa shape index (κ3) is 3.77. The van der Waals surface area contributed by atoms with Crippen LogP contribution in [0.4, 0.5) is 0 Å². The first-order valence-corrected chi connectivity index (χ1v) is 9.03. The SMILES string of the molecule is O=C(Cc1csc(Cl)n1)N[C@@H]1C(=O)N2C(C(=O)O)=C(Cl)CS[C@H]12.[NaH]. The van der Waals surface area contributed by atoms with Gasteiger partial charge in [-0.2, -0.15) is 0 Å².